The van der Waals surface area contributed by atoms with Crippen LogP contribution in [0.1, 0.15) is 41.8 Å². The molecule has 32 heavy (non-hydrogen) atoms. The summed E-state index contributed by atoms with van der Waals surface area (Å²) in [5.74, 6) is 0.670. The molecule has 162 valence electrons. The average molecular weight is 428 g/mol. The minimum atomic E-state index is -0.781. The van der Waals surface area contributed by atoms with Crippen LogP contribution in [0.4, 0.5) is 6.01 Å². The minimum Gasteiger partial charge on any atom is -0.407 e. The Hall–Kier alpha value is -3.32. The SMILES string of the molecule is O=C1Cc2ccccc2C(c2ccccc2)=NC1Nc1nnc(C23CCN(CC2)CC3)o1. The summed E-state index contributed by atoms with van der Waals surface area (Å²) >= 11 is 0. The third kappa shape index (κ3) is 3.33. The summed E-state index contributed by atoms with van der Waals surface area (Å²) in [4.78, 5) is 20.5. The fraction of sp³-hybridized carbons (Fsp3) is 0.360. The third-order valence-electron chi connectivity index (χ3n) is 7.11. The van der Waals surface area contributed by atoms with E-state index in [4.69, 9.17) is 9.41 Å². The molecular weight excluding hydrogens is 402 g/mol. The molecule has 5 heterocycles. The maximum atomic E-state index is 13.1. The van der Waals surface area contributed by atoms with Crippen molar-refractivity contribution in [2.75, 3.05) is 25.0 Å². The van der Waals surface area contributed by atoms with Gasteiger partial charge in [-0.15, -0.1) is 5.10 Å². The average Bonchev–Trinajstić information content (AvgIpc) is 3.28. The number of fused-ring (bicyclic) bond motifs is 4. The molecule has 3 aromatic rings. The molecule has 0 saturated carbocycles. The Morgan fingerprint density at radius 2 is 1.66 bits per heavy atom. The van der Waals surface area contributed by atoms with Crippen molar-refractivity contribution >= 4 is 17.5 Å². The molecule has 0 spiro atoms. The van der Waals surface area contributed by atoms with Crippen LogP contribution in [-0.4, -0.2) is 52.4 Å². The van der Waals surface area contributed by atoms with E-state index in [9.17, 15) is 4.79 Å². The van der Waals surface area contributed by atoms with Gasteiger partial charge in [-0.1, -0.05) is 59.7 Å². The standard InChI is InChI=1S/C25H25N5O2/c31-20-16-18-8-4-5-9-19(18)21(17-6-2-1-3-7-17)26-22(20)27-24-29-28-23(32-24)25-10-13-30(14-11-25)15-12-25/h1-9,22H,10-16H2,(H,27,29). The highest BCUT2D eigenvalue weighted by molar-refractivity contribution is 6.16. The van der Waals surface area contributed by atoms with Gasteiger partial charge in [0.05, 0.1) is 11.1 Å². The minimum absolute atomic E-state index is 0.0210. The summed E-state index contributed by atoms with van der Waals surface area (Å²) in [5, 5.41) is 11.8. The highest BCUT2D eigenvalue weighted by Gasteiger charge is 2.44. The van der Waals surface area contributed by atoms with Crippen molar-refractivity contribution in [2.24, 2.45) is 4.99 Å². The maximum Gasteiger partial charge on any atom is 0.317 e. The van der Waals surface area contributed by atoms with Crippen molar-refractivity contribution in [3.8, 4) is 0 Å². The van der Waals surface area contributed by atoms with E-state index in [0.29, 0.717) is 12.3 Å². The lowest BCUT2D eigenvalue weighted by atomic mass is 9.72. The van der Waals surface area contributed by atoms with Gasteiger partial charge in [0.25, 0.3) is 0 Å². The summed E-state index contributed by atoms with van der Waals surface area (Å²) in [5.41, 5.74) is 3.70. The molecule has 1 unspecified atom stereocenters. The van der Waals surface area contributed by atoms with Crippen LogP contribution in [-0.2, 0) is 16.6 Å². The number of carbonyl (C=O) groups excluding carboxylic acids is 1. The van der Waals surface area contributed by atoms with Crippen molar-refractivity contribution in [2.45, 2.75) is 37.3 Å². The van der Waals surface area contributed by atoms with Crippen molar-refractivity contribution in [3.63, 3.8) is 0 Å². The number of ketones is 1. The maximum absolute atomic E-state index is 13.1. The van der Waals surface area contributed by atoms with Gasteiger partial charge in [-0.2, -0.15) is 0 Å². The lowest BCUT2D eigenvalue weighted by Gasteiger charge is -2.46. The normalized spacial score (nSPS) is 26.9. The molecule has 2 bridgehead atoms. The van der Waals surface area contributed by atoms with E-state index < -0.39 is 6.17 Å². The van der Waals surface area contributed by atoms with Crippen LogP contribution in [0.5, 0.6) is 0 Å². The van der Waals surface area contributed by atoms with Crippen molar-refractivity contribution in [3.05, 3.63) is 77.2 Å². The number of aliphatic imine (C=N–C) groups is 1. The number of rotatable bonds is 4. The number of nitrogens with one attached hydrogen (secondary N) is 1. The largest absolute Gasteiger partial charge is 0.407 e. The van der Waals surface area contributed by atoms with Crippen LogP contribution in [0.3, 0.4) is 0 Å². The molecule has 7 rings (SSSR count). The Morgan fingerprint density at radius 3 is 2.44 bits per heavy atom. The molecule has 2 aromatic carbocycles. The zero-order chi connectivity index (χ0) is 21.5. The quantitative estimate of drug-likeness (QED) is 0.688. The van der Waals surface area contributed by atoms with Crippen LogP contribution < -0.4 is 5.32 Å². The van der Waals surface area contributed by atoms with Crippen molar-refractivity contribution < 1.29 is 9.21 Å². The second-order valence-corrected chi connectivity index (χ2v) is 8.98. The van der Waals surface area contributed by atoms with Gasteiger partial charge >= 0.3 is 6.01 Å². The number of piperidine rings is 3. The molecule has 4 aliphatic heterocycles. The molecule has 0 aliphatic carbocycles. The number of carbonyl (C=O) groups is 1. The van der Waals surface area contributed by atoms with E-state index in [1.54, 1.807) is 0 Å². The van der Waals surface area contributed by atoms with Crippen LogP contribution in [0.15, 0.2) is 64.0 Å². The van der Waals surface area contributed by atoms with Gasteiger partial charge in [0.2, 0.25) is 5.89 Å². The second-order valence-electron chi connectivity index (χ2n) is 8.98. The smallest absolute Gasteiger partial charge is 0.317 e. The summed E-state index contributed by atoms with van der Waals surface area (Å²) in [7, 11) is 0. The van der Waals surface area contributed by atoms with E-state index in [2.05, 4.69) is 20.4 Å². The highest BCUT2D eigenvalue weighted by atomic mass is 16.4. The fourth-order valence-corrected chi connectivity index (χ4v) is 5.16. The van der Waals surface area contributed by atoms with Gasteiger partial charge in [-0.25, -0.2) is 0 Å². The number of benzene rings is 2. The summed E-state index contributed by atoms with van der Waals surface area (Å²) in [6.45, 7) is 3.24. The van der Waals surface area contributed by atoms with Crippen LogP contribution in [0.25, 0.3) is 0 Å². The first-order chi connectivity index (χ1) is 15.7. The Labute approximate surface area is 186 Å². The van der Waals surface area contributed by atoms with Crippen molar-refractivity contribution in [1.82, 2.24) is 15.1 Å². The second kappa shape index (κ2) is 7.67. The molecule has 7 nitrogen and oxygen atoms in total. The number of aromatic nitrogens is 2. The predicted molar refractivity (Wildman–Crippen MR) is 121 cm³/mol. The first kappa shape index (κ1) is 19.4. The molecule has 3 saturated heterocycles. The highest BCUT2D eigenvalue weighted by Crippen LogP contribution is 2.42. The summed E-state index contributed by atoms with van der Waals surface area (Å²) in [6, 6.07) is 18.2. The monoisotopic (exact) mass is 427 g/mol. The Balaban J connectivity index is 1.33. The van der Waals surface area contributed by atoms with Gasteiger partial charge < -0.3 is 14.6 Å². The molecule has 4 aliphatic rings. The lowest BCUT2D eigenvalue weighted by molar-refractivity contribution is -0.119. The Morgan fingerprint density at radius 1 is 0.938 bits per heavy atom. The van der Waals surface area contributed by atoms with Crippen LogP contribution in [0.2, 0.25) is 0 Å². The van der Waals surface area contributed by atoms with Crippen molar-refractivity contribution in [1.29, 1.82) is 0 Å². The number of hydrogen-bond donors (Lipinski definition) is 1. The molecular formula is C25H25N5O2. The number of hydrogen-bond acceptors (Lipinski definition) is 7. The summed E-state index contributed by atoms with van der Waals surface area (Å²) in [6.07, 6.45) is 2.65. The Bertz CT molecular complexity index is 1160. The molecule has 0 amide bonds. The van der Waals surface area contributed by atoms with E-state index in [-0.39, 0.29) is 17.2 Å². The predicted octanol–water partition coefficient (Wildman–Crippen LogP) is 3.21. The molecule has 1 aromatic heterocycles. The van der Waals surface area contributed by atoms with Gasteiger partial charge in [-0.3, -0.25) is 9.79 Å². The molecule has 3 fully saturated rings. The zero-order valence-corrected chi connectivity index (χ0v) is 17.8. The van der Waals surface area contributed by atoms with E-state index in [0.717, 1.165) is 61.3 Å². The van der Waals surface area contributed by atoms with Crippen LogP contribution in [0, 0.1) is 0 Å². The molecule has 1 atom stereocenters. The fourth-order valence-electron chi connectivity index (χ4n) is 5.16. The van der Waals surface area contributed by atoms with E-state index >= 15 is 0 Å². The number of anilines is 1. The van der Waals surface area contributed by atoms with Gasteiger partial charge in [0.1, 0.15) is 0 Å². The topological polar surface area (TPSA) is 83.6 Å². The van der Waals surface area contributed by atoms with E-state index in [1.807, 2.05) is 54.6 Å². The lowest BCUT2D eigenvalue weighted by Crippen LogP contribution is -2.50. The van der Waals surface area contributed by atoms with Gasteiger partial charge in [0.15, 0.2) is 11.9 Å². The zero-order valence-electron chi connectivity index (χ0n) is 17.8. The number of nitrogens with zero attached hydrogens (tertiary/aromatic N) is 4. The Kier molecular flexibility index (Phi) is 4.64. The molecule has 0 radical (unpaired) electrons. The molecule has 1 N–H and O–H groups in total. The molecule has 7 heteroatoms. The van der Waals surface area contributed by atoms with Gasteiger partial charge in [0, 0.05) is 17.5 Å². The first-order valence-electron chi connectivity index (χ1n) is 11.3. The third-order valence-corrected chi connectivity index (χ3v) is 7.11. The first-order valence-corrected chi connectivity index (χ1v) is 11.3. The van der Waals surface area contributed by atoms with E-state index in [1.165, 1.54) is 0 Å². The van der Waals surface area contributed by atoms with Gasteiger partial charge in [-0.05, 0) is 44.5 Å². The number of Topliss-reactive ketones (excluding diaryl/α,β-unsaturated/α-hetero) is 1. The summed E-state index contributed by atoms with van der Waals surface area (Å²) < 4.78 is 6.08. The van der Waals surface area contributed by atoms with Crippen LogP contribution >= 0.6 is 0 Å².